The molecule has 4 aliphatic rings. The van der Waals surface area contributed by atoms with Gasteiger partial charge in [0.1, 0.15) is 42.6 Å². The lowest BCUT2D eigenvalue weighted by Crippen LogP contribution is -2.50. The number of hydrogen-bond donors (Lipinski definition) is 6. The third-order valence-corrected chi connectivity index (χ3v) is 17.8. The van der Waals surface area contributed by atoms with Gasteiger partial charge in [0.2, 0.25) is 11.8 Å². The molecule has 3 heterocycles. The number of aliphatic hydroxyl groups is 1. The molecule has 7 N–H and O–H groups in total. The number of aliphatic hydroxyl groups excluding tert-OH is 1. The Morgan fingerprint density at radius 1 is 0.780 bits per heavy atom. The van der Waals surface area contributed by atoms with Crippen molar-refractivity contribution in [2.24, 2.45) is 29.4 Å². The van der Waals surface area contributed by atoms with Crippen LogP contribution < -0.4 is 27.0 Å². The number of ether oxygens (including phenoxy) is 5. The highest BCUT2D eigenvalue weighted by atomic mass is 16.6. The summed E-state index contributed by atoms with van der Waals surface area (Å²) in [4.78, 5) is 104. The number of carbonyl (C=O) groups excluding carboxylic acids is 8. The number of benzene rings is 3. The van der Waals surface area contributed by atoms with Gasteiger partial charge in [0.15, 0.2) is 5.78 Å². The van der Waals surface area contributed by atoms with E-state index in [9.17, 15) is 43.5 Å². The number of Topliss-reactive ketones (excluding diaryl/α,β-unsaturated/α-hetero) is 3. The zero-order chi connectivity index (χ0) is 65.6. The van der Waals surface area contributed by atoms with Gasteiger partial charge in [-0.2, -0.15) is 0 Å². The highest BCUT2D eigenvalue weighted by Gasteiger charge is 2.58. The molecule has 7 rings (SSSR count). The van der Waals surface area contributed by atoms with Crippen molar-refractivity contribution in [2.45, 2.75) is 206 Å². The summed E-state index contributed by atoms with van der Waals surface area (Å²) in [5.74, 6) is -1.79. The predicted octanol–water partition coefficient (Wildman–Crippen LogP) is 9.93. The molecule has 0 radical (unpaired) electrons. The summed E-state index contributed by atoms with van der Waals surface area (Å²) < 4.78 is 29.6. The Morgan fingerprint density at radius 2 is 1.45 bits per heavy atom. The van der Waals surface area contributed by atoms with Gasteiger partial charge in [-0.1, -0.05) is 144 Å². The Labute approximate surface area is 536 Å². The fourth-order valence-corrected chi connectivity index (χ4v) is 12.3. The maximum absolute atomic E-state index is 13.9. The van der Waals surface area contributed by atoms with Crippen molar-refractivity contribution in [2.75, 3.05) is 26.3 Å². The lowest BCUT2D eigenvalue weighted by atomic mass is 9.86. The molecule has 5 amide bonds. The van der Waals surface area contributed by atoms with Gasteiger partial charge < -0.3 is 55.8 Å². The number of esters is 1. The van der Waals surface area contributed by atoms with E-state index in [0.29, 0.717) is 62.8 Å². The van der Waals surface area contributed by atoms with E-state index in [2.05, 4.69) is 58.5 Å². The average molecular weight is 1260 g/mol. The number of urea groups is 1. The van der Waals surface area contributed by atoms with Crippen molar-refractivity contribution in [3.8, 4) is 11.1 Å². The SMILES string of the molecule is CC(/C=C/[C@H]1O[C@H](CC(=O)CCCC(=O)OCc2ccc(CC(=O)[C@H](CCCNC(N)=O)NC(=O)[C@@H](CC(=O)CCCCCNC(=O)OCC3c4ccccc4-c4ccccc43)C(C)C)cc2)C[C@@]2(CO2)[C@@H]1O)=C\C[C@@H]1O[C@H](C)[C@H](NC(=O)/C=C\C(C)C)C[C@@H]1C. The van der Waals surface area contributed by atoms with E-state index in [-0.39, 0.29) is 136 Å². The summed E-state index contributed by atoms with van der Waals surface area (Å²) in [5.41, 5.74) is 11.4. The molecule has 1 aliphatic carbocycles. The van der Waals surface area contributed by atoms with Crippen LogP contribution in [0.25, 0.3) is 11.1 Å². The number of carbonyl (C=O) groups is 8. The smallest absolute Gasteiger partial charge is 0.407 e. The van der Waals surface area contributed by atoms with E-state index in [1.165, 1.54) is 0 Å². The van der Waals surface area contributed by atoms with E-state index in [4.69, 9.17) is 29.4 Å². The van der Waals surface area contributed by atoms with Crippen molar-refractivity contribution in [3.05, 3.63) is 131 Å². The molecule has 0 unspecified atom stereocenters. The van der Waals surface area contributed by atoms with E-state index >= 15 is 0 Å². The molecule has 0 aromatic heterocycles. The van der Waals surface area contributed by atoms with Crippen LogP contribution in [-0.4, -0.2) is 127 Å². The minimum atomic E-state index is -0.906. The fraction of sp³-hybridized carbons (Fsp3) is 0.556. The summed E-state index contributed by atoms with van der Waals surface area (Å²) in [6.07, 6.45) is 11.8. The number of primary amides is 1. The lowest BCUT2D eigenvalue weighted by molar-refractivity contribution is -0.145. The Kier molecular flexibility index (Phi) is 27.3. The first-order valence-electron chi connectivity index (χ1n) is 32.8. The molecule has 1 spiro atoms. The predicted molar refractivity (Wildman–Crippen MR) is 346 cm³/mol. The molecule has 3 aliphatic heterocycles. The van der Waals surface area contributed by atoms with Gasteiger partial charge in [-0.25, -0.2) is 9.59 Å². The molecule has 3 aromatic rings. The quantitative estimate of drug-likeness (QED) is 0.0105. The Balaban J connectivity index is 0.783. The number of hydrogen-bond acceptors (Lipinski definition) is 14. The second-order valence-electron chi connectivity index (χ2n) is 25.9. The van der Waals surface area contributed by atoms with Gasteiger partial charge in [-0.05, 0) is 116 Å². The normalized spacial score (nSPS) is 22.7. The van der Waals surface area contributed by atoms with Gasteiger partial charge in [-0.3, -0.25) is 28.8 Å². The zero-order valence-corrected chi connectivity index (χ0v) is 54.2. The number of nitrogens with one attached hydrogen (secondary N) is 4. The Hall–Kier alpha value is -7.32. The summed E-state index contributed by atoms with van der Waals surface area (Å²) in [7, 11) is 0. The Morgan fingerprint density at radius 3 is 2.12 bits per heavy atom. The van der Waals surface area contributed by atoms with Crippen LogP contribution in [0, 0.1) is 23.7 Å². The van der Waals surface area contributed by atoms with Gasteiger partial charge in [0, 0.05) is 69.9 Å². The number of ketones is 3. The monoisotopic (exact) mass is 1260 g/mol. The van der Waals surface area contributed by atoms with Gasteiger partial charge in [-0.15, -0.1) is 0 Å². The standard InChI is InChI=1S/C72H97N5O14/c1-45(2)25-34-66(81)76-62-37-48(6)64(90-49(62)7)32-26-47(5)27-33-65-68(83)72(44-89-72)41-54(91-65)39-52(78)18-15-24-67(82)87-42-51-30-28-50(29-31-51)38-63(80)61(23-16-36-74-70(73)85)77-69(84)59(46(3)4)40-53(79)17-9-8-14-35-75-71(86)88-43-60-57-21-12-10-19-55(57)56-20-11-13-22-58(56)60/h10-13,19-22,25-31,33-34,45-46,48-49,54,59-62,64-65,68,83H,8-9,14-18,23-24,32,35-44H2,1-7H3,(H,75,86)(H,76,81)(H,77,84)(H3,73,74,85)/b33-27+,34-25-,47-26+/t48-,49+,54+,59-,61-,62+,64-,65+,68+,72+/m0/s1. The maximum atomic E-state index is 13.9. The van der Waals surface area contributed by atoms with E-state index < -0.39 is 59.9 Å². The molecule has 3 fully saturated rings. The molecule has 3 saturated heterocycles. The van der Waals surface area contributed by atoms with Crippen LogP contribution in [0.2, 0.25) is 0 Å². The van der Waals surface area contributed by atoms with Crippen LogP contribution in [0.3, 0.4) is 0 Å². The number of fused-ring (bicyclic) bond motifs is 3. The summed E-state index contributed by atoms with van der Waals surface area (Å²) in [6, 6.07) is 21.6. The van der Waals surface area contributed by atoms with Gasteiger partial charge in [0.25, 0.3) is 0 Å². The van der Waals surface area contributed by atoms with Gasteiger partial charge >= 0.3 is 18.1 Å². The molecule has 0 bridgehead atoms. The van der Waals surface area contributed by atoms with Crippen molar-refractivity contribution in [1.29, 1.82) is 0 Å². The summed E-state index contributed by atoms with van der Waals surface area (Å²) in [6.45, 7) is 15.0. The number of rotatable bonds is 35. The van der Waals surface area contributed by atoms with Crippen LogP contribution >= 0.6 is 0 Å². The number of epoxide rings is 1. The van der Waals surface area contributed by atoms with E-state index in [1.54, 1.807) is 30.3 Å². The topological polar surface area (TPSA) is 280 Å². The molecular formula is C72H97N5O14. The number of allylic oxidation sites excluding steroid dienone is 3. The number of amides is 5. The summed E-state index contributed by atoms with van der Waals surface area (Å²) in [5, 5.41) is 22.6. The van der Waals surface area contributed by atoms with E-state index in [1.807, 2.05) is 84.0 Å². The molecule has 91 heavy (non-hydrogen) atoms. The summed E-state index contributed by atoms with van der Waals surface area (Å²) >= 11 is 0. The molecule has 494 valence electrons. The van der Waals surface area contributed by atoms with Crippen LogP contribution in [0.15, 0.2) is 109 Å². The first-order valence-corrected chi connectivity index (χ1v) is 32.8. The Bertz CT molecular complexity index is 3010. The largest absolute Gasteiger partial charge is 0.461 e. The zero-order valence-electron chi connectivity index (χ0n) is 54.2. The fourth-order valence-electron chi connectivity index (χ4n) is 12.3. The number of unbranched alkanes of at least 4 members (excludes halogenated alkanes) is 2. The van der Waals surface area contributed by atoms with Crippen molar-refractivity contribution in [3.63, 3.8) is 0 Å². The second kappa shape index (κ2) is 34.9. The minimum absolute atomic E-state index is 0.00939. The molecule has 3 aromatic carbocycles. The lowest BCUT2D eigenvalue weighted by Gasteiger charge is -2.39. The van der Waals surface area contributed by atoms with Crippen molar-refractivity contribution >= 4 is 47.3 Å². The molecule has 19 heteroatoms. The molecule has 19 nitrogen and oxygen atoms in total. The third-order valence-electron chi connectivity index (χ3n) is 17.8. The van der Waals surface area contributed by atoms with Gasteiger partial charge in [0.05, 0.1) is 37.0 Å². The van der Waals surface area contributed by atoms with Crippen LogP contribution in [-0.2, 0) is 65.5 Å². The first-order chi connectivity index (χ1) is 43.6. The van der Waals surface area contributed by atoms with Crippen LogP contribution in [0.1, 0.15) is 167 Å². The van der Waals surface area contributed by atoms with Crippen molar-refractivity contribution in [1.82, 2.24) is 21.3 Å². The first kappa shape index (κ1) is 71.1. The van der Waals surface area contributed by atoms with Crippen LogP contribution in [0.4, 0.5) is 9.59 Å². The maximum Gasteiger partial charge on any atom is 0.407 e. The minimum Gasteiger partial charge on any atom is -0.461 e. The number of nitrogens with two attached hydrogens (primary N) is 1. The molecule has 0 saturated carbocycles. The molecular weight excluding hydrogens is 1160 g/mol. The second-order valence-corrected chi connectivity index (χ2v) is 25.9. The molecule has 10 atom stereocenters. The number of alkyl carbamates (subject to hydrolysis) is 1. The van der Waals surface area contributed by atoms with E-state index in [0.717, 1.165) is 34.2 Å². The highest BCUT2D eigenvalue weighted by Crippen LogP contribution is 2.45. The average Bonchev–Trinajstić information content (AvgIpc) is 1.68. The van der Waals surface area contributed by atoms with Crippen LogP contribution in [0.5, 0.6) is 0 Å². The van der Waals surface area contributed by atoms with Crippen molar-refractivity contribution < 1.29 is 67.1 Å². The highest BCUT2D eigenvalue weighted by molar-refractivity contribution is 5.93. The third kappa shape index (κ3) is 22.2.